The van der Waals surface area contributed by atoms with Crippen LogP contribution in [0.15, 0.2) is 48.1 Å². The molecule has 0 bridgehead atoms. The van der Waals surface area contributed by atoms with E-state index >= 15 is 0 Å². The fraction of sp³-hybridized carbons (Fsp3) is 0.176. The third-order valence-electron chi connectivity index (χ3n) is 4.01. The molecule has 3 aromatic rings. The van der Waals surface area contributed by atoms with Gasteiger partial charge in [-0.2, -0.15) is 0 Å². The van der Waals surface area contributed by atoms with Crippen molar-refractivity contribution in [2.45, 2.75) is 12.3 Å². The van der Waals surface area contributed by atoms with Crippen molar-refractivity contribution < 1.29 is 9.53 Å². The van der Waals surface area contributed by atoms with Crippen LogP contribution >= 0.6 is 11.3 Å². The molecule has 2 aromatic heterocycles. The SMILES string of the molecule is COc1ccc(-n2cnc3c2NC(=O)C[C@H]3c2cccs2)cc1. The smallest absolute Gasteiger partial charge is 0.226 e. The van der Waals surface area contributed by atoms with Crippen molar-refractivity contribution in [1.29, 1.82) is 0 Å². The summed E-state index contributed by atoms with van der Waals surface area (Å²) in [6.45, 7) is 0. The molecule has 23 heavy (non-hydrogen) atoms. The Bertz CT molecular complexity index is 837. The number of methoxy groups -OCH3 is 1. The lowest BCUT2D eigenvalue weighted by Gasteiger charge is -2.22. The number of anilines is 1. The molecular weight excluding hydrogens is 310 g/mol. The Kier molecular flexibility index (Phi) is 3.38. The van der Waals surface area contributed by atoms with Crippen molar-refractivity contribution in [1.82, 2.24) is 9.55 Å². The molecule has 1 aromatic carbocycles. The van der Waals surface area contributed by atoms with E-state index in [1.54, 1.807) is 24.8 Å². The molecule has 0 unspecified atom stereocenters. The summed E-state index contributed by atoms with van der Waals surface area (Å²) in [6, 6.07) is 11.7. The van der Waals surface area contributed by atoms with E-state index in [0.29, 0.717) is 6.42 Å². The minimum atomic E-state index is 0.0196. The van der Waals surface area contributed by atoms with Crippen LogP contribution in [-0.2, 0) is 4.79 Å². The van der Waals surface area contributed by atoms with Gasteiger partial charge in [-0.1, -0.05) is 6.07 Å². The Morgan fingerprint density at radius 3 is 2.83 bits per heavy atom. The van der Waals surface area contributed by atoms with E-state index < -0.39 is 0 Å². The standard InChI is InChI=1S/C17H15N3O2S/c1-22-12-6-4-11(5-7-12)20-10-18-16-13(14-3-2-8-23-14)9-15(21)19-17(16)20/h2-8,10,13H,9H2,1H3,(H,19,21)/t13-/m0/s1. The number of carbonyl (C=O) groups excluding carboxylic acids is 1. The molecule has 5 nitrogen and oxygen atoms in total. The molecule has 0 radical (unpaired) electrons. The number of thiophene rings is 1. The van der Waals surface area contributed by atoms with Gasteiger partial charge >= 0.3 is 0 Å². The second kappa shape index (κ2) is 5.55. The number of nitrogens with one attached hydrogen (secondary N) is 1. The van der Waals surface area contributed by atoms with Crippen LogP contribution < -0.4 is 10.1 Å². The van der Waals surface area contributed by atoms with Crippen molar-refractivity contribution in [2.75, 3.05) is 12.4 Å². The van der Waals surface area contributed by atoms with E-state index in [1.165, 1.54) is 4.88 Å². The third kappa shape index (κ3) is 2.41. The third-order valence-corrected chi connectivity index (χ3v) is 5.00. The highest BCUT2D eigenvalue weighted by Gasteiger charge is 2.31. The van der Waals surface area contributed by atoms with Crippen molar-refractivity contribution in [2.24, 2.45) is 0 Å². The molecule has 0 spiro atoms. The van der Waals surface area contributed by atoms with E-state index in [-0.39, 0.29) is 11.8 Å². The highest BCUT2D eigenvalue weighted by Crippen LogP contribution is 2.38. The first-order chi connectivity index (χ1) is 11.3. The minimum Gasteiger partial charge on any atom is -0.497 e. The molecule has 116 valence electrons. The summed E-state index contributed by atoms with van der Waals surface area (Å²) in [5.41, 5.74) is 1.86. The summed E-state index contributed by atoms with van der Waals surface area (Å²) in [4.78, 5) is 17.9. The van der Waals surface area contributed by atoms with Crippen LogP contribution in [0.4, 0.5) is 5.82 Å². The van der Waals surface area contributed by atoms with Crippen LogP contribution in [0.25, 0.3) is 5.69 Å². The zero-order chi connectivity index (χ0) is 15.8. The fourth-order valence-corrected chi connectivity index (χ4v) is 3.70. The molecule has 3 heterocycles. The van der Waals surface area contributed by atoms with Crippen LogP contribution in [0.5, 0.6) is 5.75 Å². The van der Waals surface area contributed by atoms with Gasteiger partial charge in [0, 0.05) is 22.9 Å². The van der Waals surface area contributed by atoms with E-state index in [2.05, 4.69) is 16.4 Å². The number of fused-ring (bicyclic) bond motifs is 1. The zero-order valence-electron chi connectivity index (χ0n) is 12.5. The quantitative estimate of drug-likeness (QED) is 0.803. The number of rotatable bonds is 3. The van der Waals surface area contributed by atoms with Gasteiger partial charge < -0.3 is 10.1 Å². The lowest BCUT2D eigenvalue weighted by molar-refractivity contribution is -0.116. The molecule has 1 atom stereocenters. The van der Waals surface area contributed by atoms with Gasteiger partial charge in [-0.3, -0.25) is 9.36 Å². The topological polar surface area (TPSA) is 56.1 Å². The maximum absolute atomic E-state index is 12.1. The predicted octanol–water partition coefficient (Wildman–Crippen LogP) is 3.42. The van der Waals surface area contributed by atoms with Gasteiger partial charge in [-0.25, -0.2) is 4.98 Å². The lowest BCUT2D eigenvalue weighted by atomic mass is 9.96. The maximum atomic E-state index is 12.1. The summed E-state index contributed by atoms with van der Waals surface area (Å²) in [5.74, 6) is 1.59. The highest BCUT2D eigenvalue weighted by atomic mass is 32.1. The Morgan fingerprint density at radius 2 is 2.13 bits per heavy atom. The number of imidazole rings is 1. The lowest BCUT2D eigenvalue weighted by Crippen LogP contribution is -2.24. The number of aromatic nitrogens is 2. The molecule has 1 aliphatic rings. The van der Waals surface area contributed by atoms with Gasteiger partial charge in [-0.05, 0) is 35.7 Å². The average molecular weight is 325 g/mol. The molecule has 0 aliphatic carbocycles. The normalized spacial score (nSPS) is 16.7. The molecule has 1 N–H and O–H groups in total. The molecule has 4 rings (SSSR count). The molecule has 1 amide bonds. The Hall–Kier alpha value is -2.60. The molecular formula is C17H15N3O2S. The first-order valence-corrected chi connectivity index (χ1v) is 8.19. The molecule has 6 heteroatoms. The number of amides is 1. The second-order valence-electron chi connectivity index (χ2n) is 5.37. The number of hydrogen-bond donors (Lipinski definition) is 1. The Labute approximate surface area is 137 Å². The summed E-state index contributed by atoms with van der Waals surface area (Å²) in [7, 11) is 1.64. The first kappa shape index (κ1) is 14.0. The fourth-order valence-electron chi connectivity index (χ4n) is 2.87. The van der Waals surface area contributed by atoms with Gasteiger partial charge in [0.1, 0.15) is 17.9 Å². The molecule has 0 fully saturated rings. The maximum Gasteiger partial charge on any atom is 0.226 e. The Morgan fingerprint density at radius 1 is 1.30 bits per heavy atom. The number of nitrogens with zero attached hydrogens (tertiary/aromatic N) is 2. The van der Waals surface area contributed by atoms with Gasteiger partial charge in [0.05, 0.1) is 12.8 Å². The summed E-state index contributed by atoms with van der Waals surface area (Å²) in [6.07, 6.45) is 2.20. The Balaban J connectivity index is 1.78. The predicted molar refractivity (Wildman–Crippen MR) is 89.5 cm³/mol. The van der Waals surface area contributed by atoms with Crippen molar-refractivity contribution in [3.63, 3.8) is 0 Å². The second-order valence-corrected chi connectivity index (χ2v) is 6.35. The number of hydrogen-bond acceptors (Lipinski definition) is 4. The van der Waals surface area contributed by atoms with E-state index in [0.717, 1.165) is 22.9 Å². The summed E-state index contributed by atoms with van der Waals surface area (Å²) < 4.78 is 7.10. The monoisotopic (exact) mass is 325 g/mol. The van der Waals surface area contributed by atoms with E-state index in [1.807, 2.05) is 40.3 Å². The van der Waals surface area contributed by atoms with Crippen LogP contribution in [0.1, 0.15) is 22.9 Å². The first-order valence-electron chi connectivity index (χ1n) is 7.31. The van der Waals surface area contributed by atoms with Gasteiger partial charge in [-0.15, -0.1) is 11.3 Å². The summed E-state index contributed by atoms with van der Waals surface area (Å²) >= 11 is 1.66. The van der Waals surface area contributed by atoms with Crippen LogP contribution in [-0.4, -0.2) is 22.6 Å². The number of carbonyl (C=O) groups is 1. The number of benzene rings is 1. The van der Waals surface area contributed by atoms with Crippen molar-refractivity contribution >= 4 is 23.1 Å². The van der Waals surface area contributed by atoms with Gasteiger partial charge in [0.25, 0.3) is 0 Å². The zero-order valence-corrected chi connectivity index (χ0v) is 13.3. The van der Waals surface area contributed by atoms with Crippen LogP contribution in [0, 0.1) is 0 Å². The minimum absolute atomic E-state index is 0.0196. The van der Waals surface area contributed by atoms with Crippen molar-refractivity contribution in [3.05, 3.63) is 58.7 Å². The highest BCUT2D eigenvalue weighted by molar-refractivity contribution is 7.10. The van der Waals surface area contributed by atoms with Gasteiger partial charge in [0.15, 0.2) is 0 Å². The average Bonchev–Trinajstić information content (AvgIpc) is 3.24. The van der Waals surface area contributed by atoms with Crippen molar-refractivity contribution in [3.8, 4) is 11.4 Å². The molecule has 0 saturated heterocycles. The van der Waals surface area contributed by atoms with Crippen LogP contribution in [0.3, 0.4) is 0 Å². The van der Waals surface area contributed by atoms with E-state index in [9.17, 15) is 4.79 Å². The van der Waals surface area contributed by atoms with E-state index in [4.69, 9.17) is 4.74 Å². The molecule has 1 aliphatic heterocycles. The van der Waals surface area contributed by atoms with Crippen LogP contribution in [0.2, 0.25) is 0 Å². The summed E-state index contributed by atoms with van der Waals surface area (Å²) in [5, 5.41) is 4.99. The largest absolute Gasteiger partial charge is 0.497 e. The molecule has 0 saturated carbocycles. The number of ether oxygens (including phenoxy) is 1. The van der Waals surface area contributed by atoms with Gasteiger partial charge in [0.2, 0.25) is 5.91 Å².